The second-order valence-corrected chi connectivity index (χ2v) is 7.27. The summed E-state index contributed by atoms with van der Waals surface area (Å²) in [6.45, 7) is 9.93. The van der Waals surface area contributed by atoms with Gasteiger partial charge < -0.3 is 14.0 Å². The first kappa shape index (κ1) is 17.2. The van der Waals surface area contributed by atoms with Crippen molar-refractivity contribution in [2.45, 2.75) is 45.8 Å². The first-order valence-corrected chi connectivity index (χ1v) is 8.18. The van der Waals surface area contributed by atoms with Gasteiger partial charge in [-0.1, -0.05) is 17.7 Å². The number of rotatable bonds is 3. The van der Waals surface area contributed by atoms with Crippen LogP contribution >= 0.6 is 11.6 Å². The number of halogens is 1. The van der Waals surface area contributed by atoms with Crippen molar-refractivity contribution < 1.29 is 14.0 Å². The third-order valence-electron chi connectivity index (χ3n) is 4.46. The Kier molecular flexibility index (Phi) is 4.32. The SMILES string of the molecule is Cc1ccnc(Oc2ccc(B3OC(C)(C)C(C)(C)O3)cc2Cl)n1. The molecule has 5 nitrogen and oxygen atoms in total. The Bertz CT molecular complexity index is 751. The third-order valence-corrected chi connectivity index (χ3v) is 4.75. The van der Waals surface area contributed by atoms with E-state index in [9.17, 15) is 0 Å². The lowest BCUT2D eigenvalue weighted by atomic mass is 9.79. The summed E-state index contributed by atoms with van der Waals surface area (Å²) in [6.07, 6.45) is 1.64. The fourth-order valence-electron chi connectivity index (χ4n) is 2.30. The molecule has 0 atom stereocenters. The van der Waals surface area contributed by atoms with Crippen molar-refractivity contribution in [2.75, 3.05) is 0 Å². The molecule has 0 bridgehead atoms. The quantitative estimate of drug-likeness (QED) is 0.796. The second kappa shape index (κ2) is 6.03. The van der Waals surface area contributed by atoms with Crippen LogP contribution in [-0.4, -0.2) is 28.3 Å². The Morgan fingerprint density at radius 2 is 1.75 bits per heavy atom. The monoisotopic (exact) mass is 346 g/mol. The number of aryl methyl sites for hydroxylation is 1. The topological polar surface area (TPSA) is 53.5 Å². The Labute approximate surface area is 147 Å². The van der Waals surface area contributed by atoms with Crippen molar-refractivity contribution in [3.05, 3.63) is 41.2 Å². The zero-order chi connectivity index (χ0) is 17.5. The number of nitrogens with zero attached hydrogens (tertiary/aromatic N) is 2. The number of hydrogen-bond acceptors (Lipinski definition) is 5. The largest absolute Gasteiger partial charge is 0.494 e. The number of hydrogen-bond donors (Lipinski definition) is 0. The zero-order valence-electron chi connectivity index (χ0n) is 14.5. The van der Waals surface area contributed by atoms with Gasteiger partial charge in [0.05, 0.1) is 16.2 Å². The molecule has 1 aliphatic heterocycles. The standard InChI is InChI=1S/C17H20BClN2O3/c1-11-8-9-20-15(21-11)22-14-7-6-12(10-13(14)19)18-23-16(2,3)17(4,5)24-18/h6-10H,1-5H3. The predicted molar refractivity (Wildman–Crippen MR) is 94.0 cm³/mol. The minimum absolute atomic E-state index is 0.264. The molecule has 1 aliphatic rings. The molecule has 0 saturated carbocycles. The van der Waals surface area contributed by atoms with Crippen LogP contribution in [0.4, 0.5) is 0 Å². The van der Waals surface area contributed by atoms with Crippen LogP contribution in [0.1, 0.15) is 33.4 Å². The highest BCUT2D eigenvalue weighted by atomic mass is 35.5. The van der Waals surface area contributed by atoms with Crippen LogP contribution < -0.4 is 10.2 Å². The summed E-state index contributed by atoms with van der Waals surface area (Å²) >= 11 is 6.35. The Morgan fingerprint density at radius 1 is 1.08 bits per heavy atom. The lowest BCUT2D eigenvalue weighted by Crippen LogP contribution is -2.41. The number of benzene rings is 1. The Hall–Kier alpha value is -1.63. The predicted octanol–water partition coefficient (Wildman–Crippen LogP) is 3.53. The van der Waals surface area contributed by atoms with Gasteiger partial charge in [0.1, 0.15) is 5.75 Å². The van der Waals surface area contributed by atoms with E-state index in [0.29, 0.717) is 10.8 Å². The summed E-state index contributed by atoms with van der Waals surface area (Å²) in [7, 11) is -0.461. The molecule has 0 unspecified atom stereocenters. The number of aromatic nitrogens is 2. The molecule has 0 spiro atoms. The van der Waals surface area contributed by atoms with Crippen LogP contribution in [0.25, 0.3) is 0 Å². The number of ether oxygens (including phenoxy) is 1. The molecule has 0 radical (unpaired) electrons. The van der Waals surface area contributed by atoms with E-state index in [1.807, 2.05) is 40.7 Å². The normalized spacial score (nSPS) is 18.7. The van der Waals surface area contributed by atoms with E-state index in [1.54, 1.807) is 24.4 Å². The van der Waals surface area contributed by atoms with E-state index in [0.717, 1.165) is 11.2 Å². The molecule has 1 fully saturated rings. The fourth-order valence-corrected chi connectivity index (χ4v) is 2.53. The second-order valence-electron chi connectivity index (χ2n) is 6.86. The van der Waals surface area contributed by atoms with Crippen molar-refractivity contribution >= 4 is 24.2 Å². The van der Waals surface area contributed by atoms with Crippen molar-refractivity contribution in [2.24, 2.45) is 0 Å². The Morgan fingerprint density at radius 3 is 2.33 bits per heavy atom. The van der Waals surface area contributed by atoms with Crippen LogP contribution in [0.3, 0.4) is 0 Å². The van der Waals surface area contributed by atoms with Gasteiger partial charge in [0.25, 0.3) is 0 Å². The minimum atomic E-state index is -0.461. The van der Waals surface area contributed by atoms with Crippen LogP contribution in [0.5, 0.6) is 11.8 Å². The molecule has 0 amide bonds. The van der Waals surface area contributed by atoms with Gasteiger partial charge in [0, 0.05) is 11.9 Å². The van der Waals surface area contributed by atoms with Crippen molar-refractivity contribution in [3.8, 4) is 11.8 Å². The highest BCUT2D eigenvalue weighted by Crippen LogP contribution is 2.37. The summed E-state index contributed by atoms with van der Waals surface area (Å²) in [5.74, 6) is 0.488. The van der Waals surface area contributed by atoms with E-state index in [2.05, 4.69) is 9.97 Å². The molecule has 126 valence electrons. The van der Waals surface area contributed by atoms with E-state index in [4.69, 9.17) is 25.6 Å². The van der Waals surface area contributed by atoms with Gasteiger partial charge >= 0.3 is 13.1 Å². The van der Waals surface area contributed by atoms with Gasteiger partial charge in [0.2, 0.25) is 0 Å². The van der Waals surface area contributed by atoms with E-state index in [-0.39, 0.29) is 6.01 Å². The first-order chi connectivity index (χ1) is 11.2. The summed E-state index contributed by atoms with van der Waals surface area (Å²) in [6, 6.07) is 7.50. The van der Waals surface area contributed by atoms with Crippen LogP contribution in [0, 0.1) is 6.92 Å². The fraction of sp³-hybridized carbons (Fsp3) is 0.412. The molecule has 24 heavy (non-hydrogen) atoms. The summed E-state index contributed by atoms with van der Waals surface area (Å²) in [5, 5.41) is 0.451. The molecule has 3 rings (SSSR count). The van der Waals surface area contributed by atoms with Gasteiger partial charge in [-0.2, -0.15) is 0 Å². The summed E-state index contributed by atoms with van der Waals surface area (Å²) < 4.78 is 17.7. The van der Waals surface area contributed by atoms with Crippen LogP contribution in [0.15, 0.2) is 30.5 Å². The maximum absolute atomic E-state index is 6.35. The van der Waals surface area contributed by atoms with E-state index in [1.165, 1.54) is 0 Å². The van der Waals surface area contributed by atoms with Gasteiger partial charge in [-0.25, -0.2) is 9.97 Å². The molecule has 2 aromatic rings. The van der Waals surface area contributed by atoms with Crippen LogP contribution in [-0.2, 0) is 9.31 Å². The molecule has 7 heteroatoms. The van der Waals surface area contributed by atoms with E-state index < -0.39 is 18.3 Å². The molecule has 1 saturated heterocycles. The third kappa shape index (κ3) is 3.27. The van der Waals surface area contributed by atoms with Gasteiger partial charge in [0.15, 0.2) is 0 Å². The zero-order valence-corrected chi connectivity index (χ0v) is 15.2. The van der Waals surface area contributed by atoms with Gasteiger partial charge in [-0.15, -0.1) is 0 Å². The lowest BCUT2D eigenvalue weighted by Gasteiger charge is -2.32. The smallest absolute Gasteiger partial charge is 0.423 e. The molecule has 0 aliphatic carbocycles. The van der Waals surface area contributed by atoms with Crippen LogP contribution in [0.2, 0.25) is 5.02 Å². The van der Waals surface area contributed by atoms with Crippen molar-refractivity contribution in [1.29, 1.82) is 0 Å². The maximum Gasteiger partial charge on any atom is 0.494 e. The molecule has 1 aromatic heterocycles. The molecule has 0 N–H and O–H groups in total. The highest BCUT2D eigenvalue weighted by Gasteiger charge is 2.51. The summed E-state index contributed by atoms with van der Waals surface area (Å²) in [4.78, 5) is 8.28. The maximum atomic E-state index is 6.35. The highest BCUT2D eigenvalue weighted by molar-refractivity contribution is 6.62. The lowest BCUT2D eigenvalue weighted by molar-refractivity contribution is 0.00578. The van der Waals surface area contributed by atoms with Gasteiger partial charge in [-0.3, -0.25) is 0 Å². The summed E-state index contributed by atoms with van der Waals surface area (Å²) in [5.41, 5.74) is 0.879. The van der Waals surface area contributed by atoms with Crippen molar-refractivity contribution in [1.82, 2.24) is 9.97 Å². The molecular weight excluding hydrogens is 326 g/mol. The molecule has 2 heterocycles. The average molecular weight is 347 g/mol. The Balaban J connectivity index is 1.81. The first-order valence-electron chi connectivity index (χ1n) is 7.80. The van der Waals surface area contributed by atoms with Crippen molar-refractivity contribution in [3.63, 3.8) is 0 Å². The minimum Gasteiger partial charge on any atom is -0.423 e. The molecular formula is C17H20BClN2O3. The molecule has 1 aromatic carbocycles. The van der Waals surface area contributed by atoms with E-state index >= 15 is 0 Å². The van der Waals surface area contributed by atoms with Gasteiger partial charge in [-0.05, 0) is 58.3 Å². The average Bonchev–Trinajstić information content (AvgIpc) is 2.70.